The lowest BCUT2D eigenvalue weighted by Gasteiger charge is -2.25. The molecule has 0 unspecified atom stereocenters. The number of halogens is 1. The largest absolute Gasteiger partial charge is 0.493 e. The number of aryl methyl sites for hydroxylation is 1. The lowest BCUT2D eigenvalue weighted by atomic mass is 10.1. The van der Waals surface area contributed by atoms with Crippen molar-refractivity contribution < 1.29 is 22.7 Å². The van der Waals surface area contributed by atoms with Gasteiger partial charge in [0, 0.05) is 0 Å². The van der Waals surface area contributed by atoms with E-state index in [0.29, 0.717) is 40.3 Å². The minimum absolute atomic E-state index is 0.0914. The molecular weight excluding hydrogens is 606 g/mol. The molecule has 1 N–H and O–H groups in total. The number of carbonyl (C=O) groups excluding carboxylic acids is 1. The van der Waals surface area contributed by atoms with E-state index in [9.17, 15) is 13.2 Å². The molecular formula is C31H30BrN3O5S. The van der Waals surface area contributed by atoms with Gasteiger partial charge in [-0.1, -0.05) is 73.7 Å². The van der Waals surface area contributed by atoms with Gasteiger partial charge in [0.15, 0.2) is 11.5 Å². The van der Waals surface area contributed by atoms with E-state index in [2.05, 4.69) is 26.5 Å². The van der Waals surface area contributed by atoms with Gasteiger partial charge in [-0.2, -0.15) is 5.10 Å². The van der Waals surface area contributed by atoms with E-state index in [1.165, 1.54) is 25.5 Å². The van der Waals surface area contributed by atoms with Crippen LogP contribution >= 0.6 is 15.9 Å². The summed E-state index contributed by atoms with van der Waals surface area (Å²) < 4.78 is 40.4. The number of carbonyl (C=O) groups is 1. The third-order valence-electron chi connectivity index (χ3n) is 6.14. The Hall–Kier alpha value is -4.15. The first-order valence-corrected chi connectivity index (χ1v) is 15.1. The van der Waals surface area contributed by atoms with Crippen molar-refractivity contribution in [1.82, 2.24) is 5.43 Å². The topological polar surface area (TPSA) is 97.3 Å². The number of hydrogen-bond donors (Lipinski definition) is 1. The number of para-hydroxylation sites is 1. The minimum atomic E-state index is -4.02. The molecule has 0 bridgehead atoms. The zero-order chi connectivity index (χ0) is 29.2. The van der Waals surface area contributed by atoms with E-state index in [0.717, 1.165) is 15.4 Å². The second kappa shape index (κ2) is 14.0. The summed E-state index contributed by atoms with van der Waals surface area (Å²) in [6.45, 7) is 1.84. The quantitative estimate of drug-likeness (QED) is 0.153. The molecule has 0 aromatic heterocycles. The van der Waals surface area contributed by atoms with Crippen molar-refractivity contribution in [2.24, 2.45) is 5.10 Å². The fraction of sp³-hybridized carbons (Fsp3) is 0.161. The number of hydrogen-bond acceptors (Lipinski definition) is 6. The number of hydrazone groups is 1. The first-order valence-electron chi connectivity index (χ1n) is 12.8. The maximum absolute atomic E-state index is 13.6. The second-order valence-corrected chi connectivity index (χ2v) is 11.6. The van der Waals surface area contributed by atoms with Crippen LogP contribution < -0.4 is 19.2 Å². The van der Waals surface area contributed by atoms with Crippen molar-refractivity contribution in [2.75, 3.05) is 18.0 Å². The highest BCUT2D eigenvalue weighted by atomic mass is 79.9. The van der Waals surface area contributed by atoms with E-state index in [-0.39, 0.29) is 4.90 Å². The predicted molar refractivity (Wildman–Crippen MR) is 164 cm³/mol. The molecule has 0 aliphatic carbocycles. The minimum Gasteiger partial charge on any atom is -0.493 e. The van der Waals surface area contributed by atoms with Crippen LogP contribution in [0.3, 0.4) is 0 Å². The van der Waals surface area contributed by atoms with Crippen molar-refractivity contribution in [3.05, 3.63) is 118 Å². The summed E-state index contributed by atoms with van der Waals surface area (Å²) in [5, 5.41) is 4.06. The first-order chi connectivity index (χ1) is 19.8. The van der Waals surface area contributed by atoms with Crippen molar-refractivity contribution >= 4 is 43.8 Å². The van der Waals surface area contributed by atoms with Gasteiger partial charge in [-0.25, -0.2) is 13.8 Å². The number of nitrogens with zero attached hydrogens (tertiary/aromatic N) is 2. The number of methoxy groups -OCH3 is 1. The molecule has 4 aromatic carbocycles. The van der Waals surface area contributed by atoms with Crippen LogP contribution in [0.15, 0.2) is 112 Å². The number of amides is 1. The van der Waals surface area contributed by atoms with E-state index in [1.54, 1.807) is 42.5 Å². The average molecular weight is 637 g/mol. The Morgan fingerprint density at radius 3 is 2.32 bits per heavy atom. The van der Waals surface area contributed by atoms with Gasteiger partial charge in [-0.15, -0.1) is 0 Å². The molecule has 0 aliphatic rings. The van der Waals surface area contributed by atoms with Crippen LogP contribution in [0.25, 0.3) is 0 Å². The Kier molecular flexibility index (Phi) is 10.2. The van der Waals surface area contributed by atoms with Gasteiger partial charge >= 0.3 is 0 Å². The third-order valence-corrected chi connectivity index (χ3v) is 8.50. The molecule has 10 heteroatoms. The Bertz CT molecular complexity index is 1610. The van der Waals surface area contributed by atoms with Crippen molar-refractivity contribution in [3.63, 3.8) is 0 Å². The Balaban J connectivity index is 1.50. The maximum atomic E-state index is 13.6. The molecule has 41 heavy (non-hydrogen) atoms. The van der Waals surface area contributed by atoms with Crippen LogP contribution in [-0.2, 0) is 27.8 Å². The van der Waals surface area contributed by atoms with E-state index >= 15 is 0 Å². The smallest absolute Gasteiger partial charge is 0.264 e. The van der Waals surface area contributed by atoms with Gasteiger partial charge in [0.05, 0.1) is 28.4 Å². The summed E-state index contributed by atoms with van der Waals surface area (Å²) in [5.74, 6) is 0.425. The fourth-order valence-electron chi connectivity index (χ4n) is 4.10. The summed E-state index contributed by atoms with van der Waals surface area (Å²) >= 11 is 3.52. The second-order valence-electron chi connectivity index (χ2n) is 8.91. The molecule has 0 atom stereocenters. The lowest BCUT2D eigenvalue weighted by molar-refractivity contribution is -0.119. The molecule has 0 saturated heterocycles. The Morgan fingerprint density at radius 2 is 1.63 bits per heavy atom. The van der Waals surface area contributed by atoms with E-state index in [1.807, 2.05) is 49.4 Å². The standard InChI is InChI=1S/C31H30BrN3O5S/c1-3-25-14-10-11-17-28(25)35(41(37,38)26-15-8-5-9-16-26)21-30(36)34-33-20-24-18-27(32)31(29(19-24)39-2)40-22-23-12-6-4-7-13-23/h4-20H,3,21-22H2,1-2H3,(H,34,36)/b33-20-. The van der Waals surface area contributed by atoms with Crippen LogP contribution in [0.2, 0.25) is 0 Å². The molecule has 0 fully saturated rings. The molecule has 8 nitrogen and oxygen atoms in total. The van der Waals surface area contributed by atoms with Crippen molar-refractivity contribution in [2.45, 2.75) is 24.8 Å². The van der Waals surface area contributed by atoms with Crippen LogP contribution in [0.1, 0.15) is 23.6 Å². The van der Waals surface area contributed by atoms with Gasteiger partial charge in [-0.3, -0.25) is 9.10 Å². The molecule has 4 rings (SSSR count). The number of anilines is 1. The van der Waals surface area contributed by atoms with Crippen LogP contribution in [0.5, 0.6) is 11.5 Å². The van der Waals surface area contributed by atoms with Crippen LogP contribution in [-0.4, -0.2) is 34.2 Å². The zero-order valence-electron chi connectivity index (χ0n) is 22.7. The highest BCUT2D eigenvalue weighted by Gasteiger charge is 2.28. The van der Waals surface area contributed by atoms with E-state index < -0.39 is 22.5 Å². The number of nitrogens with one attached hydrogen (secondary N) is 1. The SMILES string of the molecule is CCc1ccccc1N(CC(=O)N/N=C\c1cc(Br)c(OCc2ccccc2)c(OC)c1)S(=O)(=O)c1ccccc1. The Morgan fingerprint density at radius 1 is 0.976 bits per heavy atom. The monoisotopic (exact) mass is 635 g/mol. The molecule has 4 aromatic rings. The predicted octanol–water partition coefficient (Wildman–Crippen LogP) is 5.94. The zero-order valence-corrected chi connectivity index (χ0v) is 25.1. The molecule has 0 spiro atoms. The summed E-state index contributed by atoms with van der Waals surface area (Å²) in [6.07, 6.45) is 2.04. The summed E-state index contributed by atoms with van der Waals surface area (Å²) in [7, 11) is -2.48. The molecule has 0 aliphatic heterocycles. The molecule has 212 valence electrons. The van der Waals surface area contributed by atoms with Crippen molar-refractivity contribution in [1.29, 1.82) is 0 Å². The van der Waals surface area contributed by atoms with E-state index in [4.69, 9.17) is 9.47 Å². The number of benzene rings is 4. The van der Waals surface area contributed by atoms with Gasteiger partial charge in [0.1, 0.15) is 13.2 Å². The van der Waals surface area contributed by atoms with Gasteiger partial charge in [0.25, 0.3) is 15.9 Å². The van der Waals surface area contributed by atoms with Crippen molar-refractivity contribution in [3.8, 4) is 11.5 Å². The summed E-state index contributed by atoms with van der Waals surface area (Å²) in [6, 6.07) is 28.4. The van der Waals surface area contributed by atoms with Gasteiger partial charge in [-0.05, 0) is 69.4 Å². The highest BCUT2D eigenvalue weighted by Crippen LogP contribution is 2.37. The first kappa shape index (κ1) is 29.8. The number of ether oxygens (including phenoxy) is 2. The number of sulfonamides is 1. The maximum Gasteiger partial charge on any atom is 0.264 e. The third kappa shape index (κ3) is 7.53. The fourth-order valence-corrected chi connectivity index (χ4v) is 6.16. The molecule has 0 heterocycles. The molecule has 1 amide bonds. The lowest BCUT2D eigenvalue weighted by Crippen LogP contribution is -2.40. The normalized spacial score (nSPS) is 11.3. The molecule has 0 radical (unpaired) electrons. The summed E-state index contributed by atoms with van der Waals surface area (Å²) in [5.41, 5.74) is 5.34. The highest BCUT2D eigenvalue weighted by molar-refractivity contribution is 9.10. The number of rotatable bonds is 12. The summed E-state index contributed by atoms with van der Waals surface area (Å²) in [4.78, 5) is 13.1. The van der Waals surface area contributed by atoms with Crippen LogP contribution in [0.4, 0.5) is 5.69 Å². The van der Waals surface area contributed by atoms with Gasteiger partial charge < -0.3 is 9.47 Å². The van der Waals surface area contributed by atoms with Gasteiger partial charge in [0.2, 0.25) is 0 Å². The van der Waals surface area contributed by atoms with Crippen LogP contribution in [0, 0.1) is 0 Å². The molecule has 0 saturated carbocycles. The Labute approximate surface area is 248 Å². The average Bonchev–Trinajstić information content (AvgIpc) is 3.00.